The molecule has 1 N–H and O–H groups in total. The number of nitrogens with one attached hydrogen (secondary N) is 1. The van der Waals surface area contributed by atoms with Crippen LogP contribution in [0.25, 0.3) is 0 Å². The number of amides is 2. The maximum Gasteiger partial charge on any atom is 0.322 e. The fourth-order valence-electron chi connectivity index (χ4n) is 2.57. The topological polar surface area (TPSA) is 50.8 Å². The minimum Gasteiger partial charge on any atom is -0.454 e. The second-order valence-corrected chi connectivity index (χ2v) is 5.04. The Hall–Kier alpha value is -1.91. The average molecular weight is 262 g/mol. The number of anilines is 1. The zero-order chi connectivity index (χ0) is 13.2. The molecule has 1 fully saturated rings. The van der Waals surface area contributed by atoms with Crippen molar-refractivity contribution in [1.29, 1.82) is 0 Å². The van der Waals surface area contributed by atoms with E-state index in [0.717, 1.165) is 30.8 Å². The van der Waals surface area contributed by atoms with Gasteiger partial charge < -0.3 is 19.7 Å². The van der Waals surface area contributed by atoms with E-state index in [0.29, 0.717) is 11.8 Å². The third-order valence-corrected chi connectivity index (χ3v) is 3.69. The molecule has 3 rings (SSSR count). The summed E-state index contributed by atoms with van der Waals surface area (Å²) >= 11 is 0. The van der Waals surface area contributed by atoms with E-state index in [9.17, 15) is 4.79 Å². The normalized spacial score (nSPS) is 21.3. The number of hydrogen-bond acceptors (Lipinski definition) is 3. The van der Waals surface area contributed by atoms with Gasteiger partial charge in [-0.05, 0) is 38.3 Å². The van der Waals surface area contributed by atoms with Gasteiger partial charge in [-0.1, -0.05) is 0 Å². The summed E-state index contributed by atoms with van der Waals surface area (Å²) in [4.78, 5) is 14.1. The number of piperidine rings is 1. The highest BCUT2D eigenvalue weighted by Gasteiger charge is 2.23. The molecule has 1 atom stereocenters. The number of benzene rings is 1. The summed E-state index contributed by atoms with van der Waals surface area (Å²) in [6, 6.07) is 5.72. The molecule has 2 amide bonds. The minimum atomic E-state index is -0.0361. The molecule has 0 radical (unpaired) electrons. The van der Waals surface area contributed by atoms with Crippen LogP contribution in [0, 0.1) is 0 Å². The van der Waals surface area contributed by atoms with Crippen molar-refractivity contribution in [2.24, 2.45) is 0 Å². The van der Waals surface area contributed by atoms with Crippen LogP contribution in [-0.2, 0) is 0 Å². The molecule has 102 valence electrons. The molecule has 2 heterocycles. The highest BCUT2D eigenvalue weighted by Crippen LogP contribution is 2.34. The molecule has 19 heavy (non-hydrogen) atoms. The lowest BCUT2D eigenvalue weighted by Gasteiger charge is -2.33. The smallest absolute Gasteiger partial charge is 0.322 e. The maximum absolute atomic E-state index is 12.2. The number of hydrogen-bond donors (Lipinski definition) is 1. The summed E-state index contributed by atoms with van der Waals surface area (Å²) in [5.41, 5.74) is 0.743. The molecular formula is C14H18N2O3. The van der Waals surface area contributed by atoms with Gasteiger partial charge >= 0.3 is 6.03 Å². The summed E-state index contributed by atoms with van der Waals surface area (Å²) in [6.07, 6.45) is 3.36. The standard InChI is InChI=1S/C14H18N2O3/c1-10-4-2-3-7-16(10)14(17)15-11-5-6-12-13(8-11)19-9-18-12/h5-6,8,10H,2-4,7,9H2,1H3,(H,15,17). The highest BCUT2D eigenvalue weighted by molar-refractivity contribution is 5.90. The van der Waals surface area contributed by atoms with Gasteiger partial charge in [0.25, 0.3) is 0 Å². The Labute approximate surface area is 112 Å². The van der Waals surface area contributed by atoms with Crippen LogP contribution >= 0.6 is 0 Å². The summed E-state index contributed by atoms with van der Waals surface area (Å²) in [5.74, 6) is 1.41. The SMILES string of the molecule is CC1CCCCN1C(=O)Nc1ccc2c(c1)OCO2. The Morgan fingerprint density at radius 2 is 2.16 bits per heavy atom. The number of carbonyl (C=O) groups is 1. The Morgan fingerprint density at radius 3 is 3.00 bits per heavy atom. The quantitative estimate of drug-likeness (QED) is 0.846. The van der Waals surface area contributed by atoms with Crippen molar-refractivity contribution < 1.29 is 14.3 Å². The fourth-order valence-corrected chi connectivity index (χ4v) is 2.57. The molecule has 5 nitrogen and oxygen atoms in total. The van der Waals surface area contributed by atoms with Crippen LogP contribution < -0.4 is 14.8 Å². The zero-order valence-electron chi connectivity index (χ0n) is 11.0. The lowest BCUT2D eigenvalue weighted by molar-refractivity contribution is 0.170. The van der Waals surface area contributed by atoms with Gasteiger partial charge in [0.1, 0.15) is 0 Å². The Morgan fingerprint density at radius 1 is 1.32 bits per heavy atom. The molecule has 1 aromatic carbocycles. The zero-order valence-corrected chi connectivity index (χ0v) is 11.0. The van der Waals surface area contributed by atoms with Gasteiger partial charge in [-0.3, -0.25) is 0 Å². The van der Waals surface area contributed by atoms with E-state index in [1.165, 1.54) is 6.42 Å². The van der Waals surface area contributed by atoms with E-state index in [4.69, 9.17) is 9.47 Å². The molecular weight excluding hydrogens is 244 g/mol. The lowest BCUT2D eigenvalue weighted by atomic mass is 10.0. The first-order valence-corrected chi connectivity index (χ1v) is 6.71. The van der Waals surface area contributed by atoms with E-state index in [2.05, 4.69) is 12.2 Å². The van der Waals surface area contributed by atoms with Gasteiger partial charge in [-0.2, -0.15) is 0 Å². The van der Waals surface area contributed by atoms with Crippen molar-refractivity contribution in [2.75, 3.05) is 18.7 Å². The van der Waals surface area contributed by atoms with Crippen LogP contribution in [0.15, 0.2) is 18.2 Å². The van der Waals surface area contributed by atoms with Gasteiger partial charge in [-0.25, -0.2) is 4.79 Å². The van der Waals surface area contributed by atoms with Crippen LogP contribution in [0.1, 0.15) is 26.2 Å². The number of nitrogens with zero attached hydrogens (tertiary/aromatic N) is 1. The molecule has 1 aromatic rings. The second-order valence-electron chi connectivity index (χ2n) is 5.04. The van der Waals surface area contributed by atoms with Gasteiger partial charge in [0.15, 0.2) is 11.5 Å². The number of likely N-dealkylation sites (tertiary alicyclic amines) is 1. The summed E-state index contributed by atoms with van der Waals surface area (Å²) < 4.78 is 10.5. The fraction of sp³-hybridized carbons (Fsp3) is 0.500. The van der Waals surface area contributed by atoms with Crippen molar-refractivity contribution in [3.05, 3.63) is 18.2 Å². The molecule has 1 unspecified atom stereocenters. The van der Waals surface area contributed by atoms with Crippen molar-refractivity contribution in [2.45, 2.75) is 32.2 Å². The van der Waals surface area contributed by atoms with Crippen molar-refractivity contribution in [1.82, 2.24) is 4.90 Å². The third kappa shape index (κ3) is 2.45. The Balaban J connectivity index is 1.69. The minimum absolute atomic E-state index is 0.0361. The molecule has 2 aliphatic heterocycles. The van der Waals surface area contributed by atoms with Crippen molar-refractivity contribution in [3.63, 3.8) is 0 Å². The number of rotatable bonds is 1. The van der Waals surface area contributed by atoms with Gasteiger partial charge in [0.2, 0.25) is 6.79 Å². The van der Waals surface area contributed by atoms with Gasteiger partial charge in [-0.15, -0.1) is 0 Å². The van der Waals surface area contributed by atoms with E-state index >= 15 is 0 Å². The molecule has 0 saturated carbocycles. The number of fused-ring (bicyclic) bond motifs is 1. The van der Waals surface area contributed by atoms with Crippen LogP contribution in [0.2, 0.25) is 0 Å². The number of carbonyl (C=O) groups excluding carboxylic acids is 1. The van der Waals surface area contributed by atoms with Crippen LogP contribution in [0.5, 0.6) is 11.5 Å². The second kappa shape index (κ2) is 4.99. The van der Waals surface area contributed by atoms with E-state index < -0.39 is 0 Å². The van der Waals surface area contributed by atoms with Crippen LogP contribution in [-0.4, -0.2) is 30.3 Å². The molecule has 0 aromatic heterocycles. The summed E-state index contributed by atoms with van der Waals surface area (Å²) in [5, 5.41) is 2.92. The van der Waals surface area contributed by atoms with E-state index in [1.54, 1.807) is 6.07 Å². The van der Waals surface area contributed by atoms with Crippen LogP contribution in [0.4, 0.5) is 10.5 Å². The largest absolute Gasteiger partial charge is 0.454 e. The maximum atomic E-state index is 12.2. The van der Waals surface area contributed by atoms with Gasteiger partial charge in [0.05, 0.1) is 0 Å². The van der Waals surface area contributed by atoms with E-state index in [1.807, 2.05) is 17.0 Å². The monoisotopic (exact) mass is 262 g/mol. The number of urea groups is 1. The predicted molar refractivity (Wildman–Crippen MR) is 71.6 cm³/mol. The molecule has 0 aliphatic carbocycles. The van der Waals surface area contributed by atoms with Crippen molar-refractivity contribution in [3.8, 4) is 11.5 Å². The molecule has 5 heteroatoms. The van der Waals surface area contributed by atoms with Gasteiger partial charge in [0, 0.05) is 24.3 Å². The summed E-state index contributed by atoms with van der Waals surface area (Å²) in [6.45, 7) is 3.17. The Kier molecular flexibility index (Phi) is 3.19. The molecule has 0 bridgehead atoms. The number of ether oxygens (including phenoxy) is 2. The molecule has 0 spiro atoms. The summed E-state index contributed by atoms with van der Waals surface area (Å²) in [7, 11) is 0. The lowest BCUT2D eigenvalue weighted by Crippen LogP contribution is -2.44. The van der Waals surface area contributed by atoms with Crippen molar-refractivity contribution >= 4 is 11.7 Å². The first-order valence-electron chi connectivity index (χ1n) is 6.71. The highest BCUT2D eigenvalue weighted by atomic mass is 16.7. The van der Waals surface area contributed by atoms with Crippen LogP contribution in [0.3, 0.4) is 0 Å². The van der Waals surface area contributed by atoms with E-state index in [-0.39, 0.29) is 12.8 Å². The third-order valence-electron chi connectivity index (χ3n) is 3.69. The molecule has 1 saturated heterocycles. The molecule has 2 aliphatic rings. The first-order chi connectivity index (χ1) is 9.24. The average Bonchev–Trinajstić information content (AvgIpc) is 2.86. The predicted octanol–water partition coefficient (Wildman–Crippen LogP) is 2.82. The Bertz CT molecular complexity index is 490. The first kappa shape index (κ1) is 12.1.